The zero-order chi connectivity index (χ0) is 7.98. The number of aliphatic hydroxyl groups excluding tert-OH is 1. The van der Waals surface area contributed by atoms with E-state index in [0.717, 1.165) is 0 Å². The van der Waals surface area contributed by atoms with E-state index in [1.807, 2.05) is 0 Å². The highest BCUT2D eigenvalue weighted by molar-refractivity contribution is 5.77. The normalized spacial score (nSPS) is 12.2. The van der Waals surface area contributed by atoms with Crippen LogP contribution in [0.2, 0.25) is 0 Å². The molecule has 0 aliphatic carbocycles. The van der Waals surface area contributed by atoms with Gasteiger partial charge in [-0.2, -0.15) is 0 Å². The molecule has 4 nitrogen and oxygen atoms in total. The number of aldehydes is 1. The summed E-state index contributed by atoms with van der Waals surface area (Å²) < 4.78 is 4.41. The first-order chi connectivity index (χ1) is 4.72. The molecular weight excluding hydrogens is 136 g/mol. The summed E-state index contributed by atoms with van der Waals surface area (Å²) in [5, 5.41) is 8.74. The lowest BCUT2D eigenvalue weighted by Gasteiger charge is -2.04. The van der Waals surface area contributed by atoms with Crippen LogP contribution in [0.4, 0.5) is 0 Å². The van der Waals surface area contributed by atoms with Gasteiger partial charge in [0.15, 0.2) is 6.10 Å². The van der Waals surface area contributed by atoms with Crippen molar-refractivity contribution in [3.63, 3.8) is 0 Å². The van der Waals surface area contributed by atoms with E-state index < -0.39 is 12.1 Å². The zero-order valence-electron chi connectivity index (χ0n) is 5.74. The average molecular weight is 146 g/mol. The fourth-order valence-corrected chi connectivity index (χ4v) is 0.426. The van der Waals surface area contributed by atoms with Crippen LogP contribution in [0.3, 0.4) is 0 Å². The van der Waals surface area contributed by atoms with Crippen molar-refractivity contribution >= 4 is 12.3 Å². The van der Waals surface area contributed by atoms with Crippen LogP contribution >= 0.6 is 0 Å². The molecule has 0 amide bonds. The van der Waals surface area contributed by atoms with Gasteiger partial charge in [-0.25, -0.2) is 4.79 Å². The Morgan fingerprint density at radius 1 is 1.80 bits per heavy atom. The van der Waals surface area contributed by atoms with E-state index in [4.69, 9.17) is 5.11 Å². The summed E-state index contributed by atoms with van der Waals surface area (Å²) in [6.07, 6.45) is -1.02. The zero-order valence-corrected chi connectivity index (χ0v) is 5.74. The Labute approximate surface area is 58.8 Å². The third-order valence-electron chi connectivity index (χ3n) is 0.878. The Balaban J connectivity index is 3.58. The Hall–Kier alpha value is -0.900. The number of esters is 1. The molecule has 0 saturated heterocycles. The standard InChI is InChI=1S/C6H10O4/c1-2-10-6(9)5(8)3-4-7/h4-5,8H,2-3H2,1H3/t5-/m0/s1. The summed E-state index contributed by atoms with van der Waals surface area (Å²) in [5.74, 6) is -0.741. The SMILES string of the molecule is CCOC(=O)[C@@H](O)CC=O. The number of hydrogen-bond donors (Lipinski definition) is 1. The third-order valence-corrected chi connectivity index (χ3v) is 0.878. The highest BCUT2D eigenvalue weighted by Gasteiger charge is 2.14. The van der Waals surface area contributed by atoms with Crippen molar-refractivity contribution in [2.24, 2.45) is 0 Å². The van der Waals surface area contributed by atoms with Gasteiger partial charge in [0.1, 0.15) is 6.29 Å². The lowest BCUT2D eigenvalue weighted by atomic mass is 10.3. The molecule has 0 saturated carbocycles. The topological polar surface area (TPSA) is 63.6 Å². The summed E-state index contributed by atoms with van der Waals surface area (Å²) in [5.41, 5.74) is 0. The first-order valence-electron chi connectivity index (χ1n) is 3.00. The molecule has 0 bridgehead atoms. The molecule has 0 aromatic rings. The second-order valence-electron chi connectivity index (χ2n) is 1.67. The Morgan fingerprint density at radius 3 is 2.80 bits per heavy atom. The quantitative estimate of drug-likeness (QED) is 0.429. The van der Waals surface area contributed by atoms with Crippen molar-refractivity contribution in [2.75, 3.05) is 6.61 Å². The minimum atomic E-state index is -1.29. The van der Waals surface area contributed by atoms with E-state index in [0.29, 0.717) is 6.29 Å². The van der Waals surface area contributed by atoms with Gasteiger partial charge in [0.05, 0.1) is 6.61 Å². The van der Waals surface area contributed by atoms with Crippen LogP contribution < -0.4 is 0 Å². The predicted molar refractivity (Wildman–Crippen MR) is 33.3 cm³/mol. The number of carbonyl (C=O) groups is 2. The molecule has 1 N–H and O–H groups in total. The van der Waals surface area contributed by atoms with Crippen LogP contribution in [0.1, 0.15) is 13.3 Å². The van der Waals surface area contributed by atoms with Crippen molar-refractivity contribution in [2.45, 2.75) is 19.4 Å². The maximum absolute atomic E-state index is 10.5. The summed E-state index contributed by atoms with van der Waals surface area (Å²) in [7, 11) is 0. The number of ether oxygens (including phenoxy) is 1. The molecule has 0 unspecified atom stereocenters. The summed E-state index contributed by atoms with van der Waals surface area (Å²) >= 11 is 0. The van der Waals surface area contributed by atoms with Crippen molar-refractivity contribution < 1.29 is 19.4 Å². The molecule has 0 heterocycles. The fraction of sp³-hybridized carbons (Fsp3) is 0.667. The van der Waals surface area contributed by atoms with Crippen LogP contribution in [0.25, 0.3) is 0 Å². The van der Waals surface area contributed by atoms with Crippen molar-refractivity contribution in [1.29, 1.82) is 0 Å². The molecule has 0 spiro atoms. The average Bonchev–Trinajstić information content (AvgIpc) is 1.89. The summed E-state index contributed by atoms with van der Waals surface area (Å²) in [6.45, 7) is 1.85. The molecule has 0 aromatic carbocycles. The van der Waals surface area contributed by atoms with E-state index in [1.54, 1.807) is 6.92 Å². The van der Waals surface area contributed by atoms with Gasteiger partial charge in [-0.3, -0.25) is 0 Å². The number of aliphatic hydroxyl groups is 1. The van der Waals surface area contributed by atoms with Crippen LogP contribution in [-0.2, 0) is 14.3 Å². The van der Waals surface area contributed by atoms with Gasteiger partial charge >= 0.3 is 5.97 Å². The molecule has 4 heteroatoms. The number of hydrogen-bond acceptors (Lipinski definition) is 4. The molecule has 0 aliphatic rings. The molecule has 0 radical (unpaired) electrons. The van der Waals surface area contributed by atoms with Gasteiger partial charge < -0.3 is 14.6 Å². The molecule has 58 valence electrons. The molecule has 0 aliphatic heterocycles. The predicted octanol–water partition coefficient (Wildman–Crippen LogP) is -0.501. The molecule has 1 atom stereocenters. The fourth-order valence-electron chi connectivity index (χ4n) is 0.426. The van der Waals surface area contributed by atoms with Crippen LogP contribution in [-0.4, -0.2) is 30.1 Å². The van der Waals surface area contributed by atoms with Gasteiger partial charge in [0.25, 0.3) is 0 Å². The molecule has 0 aromatic heterocycles. The minimum Gasteiger partial charge on any atom is -0.464 e. The van der Waals surface area contributed by atoms with Crippen LogP contribution in [0.5, 0.6) is 0 Å². The second-order valence-corrected chi connectivity index (χ2v) is 1.67. The number of rotatable bonds is 4. The van der Waals surface area contributed by atoms with Crippen LogP contribution in [0.15, 0.2) is 0 Å². The third kappa shape index (κ3) is 3.19. The molecule has 10 heavy (non-hydrogen) atoms. The second kappa shape index (κ2) is 4.93. The molecular formula is C6H10O4. The highest BCUT2D eigenvalue weighted by atomic mass is 16.5. The maximum Gasteiger partial charge on any atom is 0.335 e. The van der Waals surface area contributed by atoms with Crippen molar-refractivity contribution in [3.05, 3.63) is 0 Å². The smallest absolute Gasteiger partial charge is 0.335 e. The molecule has 0 fully saturated rings. The van der Waals surface area contributed by atoms with E-state index in [-0.39, 0.29) is 13.0 Å². The van der Waals surface area contributed by atoms with E-state index in [2.05, 4.69) is 4.74 Å². The van der Waals surface area contributed by atoms with Gasteiger partial charge in [-0.15, -0.1) is 0 Å². The largest absolute Gasteiger partial charge is 0.464 e. The summed E-state index contributed by atoms with van der Waals surface area (Å²) in [4.78, 5) is 20.3. The van der Waals surface area contributed by atoms with Gasteiger partial charge in [-0.1, -0.05) is 0 Å². The van der Waals surface area contributed by atoms with Gasteiger partial charge in [0.2, 0.25) is 0 Å². The van der Waals surface area contributed by atoms with Gasteiger partial charge in [-0.05, 0) is 6.92 Å². The minimum absolute atomic E-state index is 0.196. The van der Waals surface area contributed by atoms with Gasteiger partial charge in [0, 0.05) is 6.42 Å². The van der Waals surface area contributed by atoms with E-state index in [9.17, 15) is 9.59 Å². The van der Waals surface area contributed by atoms with E-state index >= 15 is 0 Å². The van der Waals surface area contributed by atoms with Crippen LogP contribution in [0, 0.1) is 0 Å². The van der Waals surface area contributed by atoms with Crippen molar-refractivity contribution in [3.8, 4) is 0 Å². The first kappa shape index (κ1) is 9.10. The monoisotopic (exact) mass is 146 g/mol. The number of carbonyl (C=O) groups excluding carboxylic acids is 2. The van der Waals surface area contributed by atoms with Crippen molar-refractivity contribution in [1.82, 2.24) is 0 Å². The lowest BCUT2D eigenvalue weighted by molar-refractivity contribution is -0.153. The van der Waals surface area contributed by atoms with E-state index in [1.165, 1.54) is 0 Å². The maximum atomic E-state index is 10.5. The molecule has 0 rings (SSSR count). The Morgan fingerprint density at radius 2 is 2.40 bits per heavy atom. The Kier molecular flexibility index (Phi) is 4.49. The first-order valence-corrected chi connectivity index (χ1v) is 3.00. The Bertz CT molecular complexity index is 121. The lowest BCUT2D eigenvalue weighted by Crippen LogP contribution is -2.23. The summed E-state index contributed by atoms with van der Waals surface area (Å²) in [6, 6.07) is 0. The highest BCUT2D eigenvalue weighted by Crippen LogP contribution is 1.91.